The van der Waals surface area contributed by atoms with Gasteiger partial charge in [0.15, 0.2) is 6.29 Å². The summed E-state index contributed by atoms with van der Waals surface area (Å²) >= 11 is 19.3. The average molecular weight is 549 g/mol. The molecule has 0 saturated heterocycles. The Balaban J connectivity index is 1.87. The molecule has 0 unspecified atom stereocenters. The van der Waals surface area contributed by atoms with Crippen molar-refractivity contribution in [2.75, 3.05) is 24.8 Å². The molecule has 0 aliphatic carbocycles. The van der Waals surface area contributed by atoms with E-state index in [4.69, 9.17) is 44.3 Å². The van der Waals surface area contributed by atoms with Crippen LogP contribution in [0.2, 0.25) is 15.1 Å². The highest BCUT2D eigenvalue weighted by Crippen LogP contribution is 2.33. The quantitative estimate of drug-likeness (QED) is 0.157. The number of amides is 2. The molecule has 0 atom stereocenters. The number of hydrazone groups is 1. The third-order valence-corrected chi connectivity index (χ3v) is 6.03. The molecule has 0 aromatic heterocycles. The number of anilines is 1. The van der Waals surface area contributed by atoms with Crippen molar-refractivity contribution in [3.05, 3.63) is 98.5 Å². The van der Waals surface area contributed by atoms with Gasteiger partial charge < -0.3 is 14.8 Å². The van der Waals surface area contributed by atoms with Gasteiger partial charge in [-0.15, -0.1) is 0 Å². The van der Waals surface area contributed by atoms with Crippen molar-refractivity contribution < 1.29 is 14.3 Å². The summed E-state index contributed by atoms with van der Waals surface area (Å²) in [7, 11) is 0. The molecule has 2 amide bonds. The van der Waals surface area contributed by atoms with Gasteiger partial charge in [0, 0.05) is 34.7 Å². The minimum Gasteiger partial charge on any atom is -0.351 e. The maximum atomic E-state index is 13.2. The number of benzene rings is 3. The summed E-state index contributed by atoms with van der Waals surface area (Å²) in [4.78, 5) is 13.2. The van der Waals surface area contributed by atoms with Crippen LogP contribution in [0.25, 0.3) is 0 Å². The summed E-state index contributed by atoms with van der Waals surface area (Å²) in [5.74, 6) is 0. The lowest BCUT2D eigenvalue weighted by molar-refractivity contribution is -0.131. The smallest absolute Gasteiger partial charge is 0.342 e. The van der Waals surface area contributed by atoms with Gasteiger partial charge >= 0.3 is 6.03 Å². The highest BCUT2D eigenvalue weighted by atomic mass is 35.5. The van der Waals surface area contributed by atoms with Gasteiger partial charge in [-0.2, -0.15) is 10.1 Å². The molecule has 0 aliphatic heterocycles. The number of nitrogens with one attached hydrogen (secondary N) is 1. The van der Waals surface area contributed by atoms with E-state index in [0.29, 0.717) is 40.4 Å². The van der Waals surface area contributed by atoms with Gasteiger partial charge in [0.1, 0.15) is 0 Å². The molecule has 190 valence electrons. The fourth-order valence-corrected chi connectivity index (χ4v) is 4.11. The normalized spacial score (nSPS) is 11.3. The number of hydrogen-bond acceptors (Lipinski definition) is 4. The molecule has 0 spiro atoms. The van der Waals surface area contributed by atoms with Crippen molar-refractivity contribution in [2.45, 2.75) is 26.6 Å². The topological polar surface area (TPSA) is 63.2 Å². The molecular formula is C27H28Cl3N3O3. The van der Waals surface area contributed by atoms with Crippen LogP contribution >= 0.6 is 34.8 Å². The molecule has 0 heterocycles. The van der Waals surface area contributed by atoms with Gasteiger partial charge in [-0.05, 0) is 54.8 Å². The number of hydrogen-bond donors (Lipinski definition) is 1. The zero-order valence-corrected chi connectivity index (χ0v) is 22.4. The fourth-order valence-electron chi connectivity index (χ4n) is 3.37. The molecule has 36 heavy (non-hydrogen) atoms. The Morgan fingerprint density at radius 2 is 1.58 bits per heavy atom. The van der Waals surface area contributed by atoms with Gasteiger partial charge in [0.2, 0.25) is 0 Å². The van der Waals surface area contributed by atoms with Crippen LogP contribution in [0.15, 0.2) is 71.8 Å². The number of rotatable bonds is 11. The van der Waals surface area contributed by atoms with Crippen LogP contribution in [0.1, 0.15) is 30.5 Å². The van der Waals surface area contributed by atoms with Crippen molar-refractivity contribution in [3.63, 3.8) is 0 Å². The summed E-state index contributed by atoms with van der Waals surface area (Å²) in [5.41, 5.74) is 2.99. The Hall–Kier alpha value is -2.61. The zero-order chi connectivity index (χ0) is 25.9. The lowest BCUT2D eigenvalue weighted by Gasteiger charge is -2.22. The summed E-state index contributed by atoms with van der Waals surface area (Å²) < 4.78 is 11.0. The molecule has 3 aromatic rings. The van der Waals surface area contributed by atoms with E-state index in [0.717, 1.165) is 16.7 Å². The number of carbonyl (C=O) groups excluding carboxylic acids is 1. The molecule has 1 N–H and O–H groups in total. The van der Waals surface area contributed by atoms with E-state index in [1.54, 1.807) is 18.3 Å². The molecule has 0 fully saturated rings. The van der Waals surface area contributed by atoms with Crippen LogP contribution in [-0.4, -0.2) is 38.3 Å². The van der Waals surface area contributed by atoms with Crippen molar-refractivity contribution in [1.29, 1.82) is 0 Å². The third kappa shape index (κ3) is 8.22. The molecule has 3 rings (SSSR count). The summed E-state index contributed by atoms with van der Waals surface area (Å²) in [6.07, 6.45) is 1.53. The molecule has 6 nitrogen and oxygen atoms in total. The summed E-state index contributed by atoms with van der Waals surface area (Å²) in [6.45, 7) is 4.78. The predicted molar refractivity (Wildman–Crippen MR) is 148 cm³/mol. The van der Waals surface area contributed by atoms with Crippen LogP contribution in [0.4, 0.5) is 10.5 Å². The maximum absolute atomic E-state index is 13.2. The largest absolute Gasteiger partial charge is 0.351 e. The summed E-state index contributed by atoms with van der Waals surface area (Å²) in [6, 6.07) is 19.8. The van der Waals surface area contributed by atoms with Gasteiger partial charge in [0.25, 0.3) is 0 Å². The first kappa shape index (κ1) is 28.0. The minimum atomic E-state index is -0.571. The fraction of sp³-hybridized carbons (Fsp3) is 0.259. The molecule has 3 aromatic carbocycles. The van der Waals surface area contributed by atoms with Crippen LogP contribution in [0, 0.1) is 0 Å². The lowest BCUT2D eigenvalue weighted by Crippen LogP contribution is -2.42. The second kappa shape index (κ2) is 14.2. The monoisotopic (exact) mass is 547 g/mol. The first-order valence-electron chi connectivity index (χ1n) is 11.5. The van der Waals surface area contributed by atoms with Crippen LogP contribution in [0.3, 0.4) is 0 Å². The van der Waals surface area contributed by atoms with Gasteiger partial charge in [0.05, 0.1) is 18.4 Å². The molecule has 0 saturated carbocycles. The molecule has 0 radical (unpaired) electrons. The van der Waals surface area contributed by atoms with E-state index in [9.17, 15) is 4.79 Å². The highest BCUT2D eigenvalue weighted by molar-refractivity contribution is 6.36. The van der Waals surface area contributed by atoms with E-state index < -0.39 is 12.3 Å². The van der Waals surface area contributed by atoms with Crippen molar-refractivity contribution in [3.8, 4) is 0 Å². The molecular weight excluding hydrogens is 521 g/mol. The third-order valence-electron chi connectivity index (χ3n) is 5.10. The average Bonchev–Trinajstić information content (AvgIpc) is 2.87. The zero-order valence-electron chi connectivity index (χ0n) is 20.1. The van der Waals surface area contributed by atoms with Crippen molar-refractivity contribution in [2.24, 2.45) is 5.10 Å². The predicted octanol–water partition coefficient (Wildman–Crippen LogP) is 7.19. The van der Waals surface area contributed by atoms with E-state index >= 15 is 0 Å². The molecule has 0 bridgehead atoms. The van der Waals surface area contributed by atoms with Crippen molar-refractivity contribution in [1.82, 2.24) is 5.32 Å². The minimum absolute atomic E-state index is 0.147. The van der Waals surface area contributed by atoms with E-state index in [2.05, 4.69) is 10.4 Å². The number of halogens is 3. The summed E-state index contributed by atoms with van der Waals surface area (Å²) in [5, 5.41) is 9.94. The first-order chi connectivity index (χ1) is 17.4. The second-order valence-corrected chi connectivity index (χ2v) is 8.94. The molecule has 9 heteroatoms. The highest BCUT2D eigenvalue weighted by Gasteiger charge is 2.20. The van der Waals surface area contributed by atoms with Crippen LogP contribution < -0.4 is 10.3 Å². The number of urea groups is 1. The number of nitrogens with zero attached hydrogens (tertiary/aromatic N) is 2. The molecule has 0 aliphatic rings. The van der Waals surface area contributed by atoms with Gasteiger partial charge in [-0.3, -0.25) is 0 Å². The standard InChI is InChI=1S/C27H28Cl3N3O3/c1-3-35-26(36-4-2)18-31-27(34)33(32-17-20-8-6-5-7-9-20)22-15-24(29)23(25(30)16-22)14-19-10-12-21(28)13-11-19/h5-13,15-17,26H,3-4,14,18H2,1-2H3,(H,31,34). The van der Waals surface area contributed by atoms with Crippen molar-refractivity contribution >= 4 is 52.7 Å². The Labute approximate surface area is 226 Å². The maximum Gasteiger partial charge on any atom is 0.342 e. The Morgan fingerprint density at radius 1 is 0.972 bits per heavy atom. The SMILES string of the molecule is CCOC(CNC(=O)N(N=Cc1ccccc1)c1cc(Cl)c(Cc2ccc(Cl)cc2)c(Cl)c1)OCC. The lowest BCUT2D eigenvalue weighted by atomic mass is 10.0. The van der Waals surface area contributed by atoms with Crippen LogP contribution in [-0.2, 0) is 15.9 Å². The second-order valence-electron chi connectivity index (χ2n) is 7.68. The Bertz CT molecular complexity index is 1130. The Kier molecular flexibility index (Phi) is 11.0. The van der Waals surface area contributed by atoms with Gasteiger partial charge in [-0.25, -0.2) is 4.79 Å². The van der Waals surface area contributed by atoms with E-state index in [1.165, 1.54) is 5.01 Å². The first-order valence-corrected chi connectivity index (χ1v) is 12.7. The number of carbonyl (C=O) groups is 1. The van der Waals surface area contributed by atoms with E-state index in [-0.39, 0.29) is 6.54 Å². The van der Waals surface area contributed by atoms with E-state index in [1.807, 2.05) is 68.4 Å². The Morgan fingerprint density at radius 3 is 2.17 bits per heavy atom. The van der Waals surface area contributed by atoms with Crippen LogP contribution in [0.5, 0.6) is 0 Å². The van der Waals surface area contributed by atoms with Gasteiger partial charge in [-0.1, -0.05) is 77.3 Å². The number of ether oxygens (including phenoxy) is 2.